The van der Waals surface area contributed by atoms with Crippen molar-refractivity contribution in [2.45, 2.75) is 73.6 Å². The van der Waals surface area contributed by atoms with E-state index in [1.807, 2.05) is 0 Å². The zero-order chi connectivity index (χ0) is 15.6. The van der Waals surface area contributed by atoms with E-state index in [0.29, 0.717) is 0 Å². The Labute approximate surface area is 131 Å². The summed E-state index contributed by atoms with van der Waals surface area (Å²) in [5.41, 5.74) is 12.2. The molecule has 114 valence electrons. The van der Waals surface area contributed by atoms with E-state index < -0.39 is 0 Å². The summed E-state index contributed by atoms with van der Waals surface area (Å²) in [6.07, 6.45) is 8.48. The van der Waals surface area contributed by atoms with Crippen molar-refractivity contribution in [2.24, 2.45) is 0 Å². The number of rotatable bonds is 5. The Kier molecular flexibility index (Phi) is 5.08. The molecule has 0 amide bonds. The van der Waals surface area contributed by atoms with Gasteiger partial charge in [-0.15, -0.1) is 0 Å². The highest BCUT2D eigenvalue weighted by atomic mass is 14.3. The van der Waals surface area contributed by atoms with Gasteiger partial charge in [-0.05, 0) is 85.9 Å². The fraction of sp³-hybridized carbons (Fsp3) is 0.524. The van der Waals surface area contributed by atoms with Crippen LogP contribution >= 0.6 is 0 Å². The van der Waals surface area contributed by atoms with E-state index in [4.69, 9.17) is 0 Å². The Morgan fingerprint density at radius 3 is 2.48 bits per heavy atom. The van der Waals surface area contributed by atoms with Crippen LogP contribution in [0.1, 0.15) is 81.2 Å². The molecule has 0 aliphatic heterocycles. The van der Waals surface area contributed by atoms with Gasteiger partial charge in [0.15, 0.2) is 0 Å². The van der Waals surface area contributed by atoms with Gasteiger partial charge in [0.05, 0.1) is 0 Å². The van der Waals surface area contributed by atoms with Gasteiger partial charge in [-0.25, -0.2) is 0 Å². The molecule has 0 heterocycles. The maximum atomic E-state index is 2.41. The van der Waals surface area contributed by atoms with E-state index >= 15 is 0 Å². The summed E-state index contributed by atoms with van der Waals surface area (Å²) in [4.78, 5) is 0. The van der Waals surface area contributed by atoms with Gasteiger partial charge >= 0.3 is 0 Å². The number of hydrogen-bond donors (Lipinski definition) is 0. The molecule has 0 aromatic heterocycles. The van der Waals surface area contributed by atoms with Crippen LogP contribution < -0.4 is 0 Å². The fourth-order valence-electron chi connectivity index (χ4n) is 3.71. The highest BCUT2D eigenvalue weighted by Gasteiger charge is 2.23. The number of unbranched alkanes of at least 4 members (excludes halogenated alkanes) is 1. The van der Waals surface area contributed by atoms with Crippen molar-refractivity contribution in [3.8, 4) is 0 Å². The average Bonchev–Trinajstić information content (AvgIpc) is 2.79. The lowest BCUT2D eigenvalue weighted by atomic mass is 9.89. The summed E-state index contributed by atoms with van der Waals surface area (Å²) in [7, 11) is 0. The van der Waals surface area contributed by atoms with E-state index in [1.54, 1.807) is 22.3 Å². The van der Waals surface area contributed by atoms with Gasteiger partial charge in [0.1, 0.15) is 0 Å². The minimum Gasteiger partial charge on any atom is -0.0810 e. The third-order valence-corrected chi connectivity index (χ3v) is 4.92. The summed E-state index contributed by atoms with van der Waals surface area (Å²) < 4.78 is 0. The number of hydrogen-bond acceptors (Lipinski definition) is 0. The van der Waals surface area contributed by atoms with Crippen LogP contribution in [0.15, 0.2) is 17.7 Å². The SMILES string of the molecule is CCCC=C(C)c1cc(C)c2c(c1C)CC(CCC)=C2C. The minimum absolute atomic E-state index is 1.18. The van der Waals surface area contributed by atoms with Crippen LogP contribution in [0.4, 0.5) is 0 Å². The molecule has 0 saturated carbocycles. The van der Waals surface area contributed by atoms with Gasteiger partial charge in [-0.2, -0.15) is 0 Å². The monoisotopic (exact) mass is 282 g/mol. The Morgan fingerprint density at radius 1 is 1.14 bits per heavy atom. The zero-order valence-electron chi connectivity index (χ0n) is 14.7. The second-order valence-corrected chi connectivity index (χ2v) is 6.55. The Morgan fingerprint density at radius 2 is 1.86 bits per heavy atom. The molecular formula is C21H30. The summed E-state index contributed by atoms with van der Waals surface area (Å²) in [5, 5.41) is 0. The van der Waals surface area contributed by atoms with Crippen LogP contribution in [0.5, 0.6) is 0 Å². The number of fused-ring (bicyclic) bond motifs is 1. The predicted molar refractivity (Wildman–Crippen MR) is 95.7 cm³/mol. The van der Waals surface area contributed by atoms with E-state index in [0.717, 1.165) is 0 Å². The van der Waals surface area contributed by atoms with E-state index in [2.05, 4.69) is 53.7 Å². The first-order valence-corrected chi connectivity index (χ1v) is 8.50. The molecule has 0 fully saturated rings. The quantitative estimate of drug-likeness (QED) is 0.568. The second kappa shape index (κ2) is 6.64. The standard InChI is InChI=1S/C21H30/c1-7-9-11-14(3)19-12-15(4)21-16(5)18(10-8-2)13-20(21)17(19)6/h11-12H,7-10,13H2,1-6H3. The van der Waals surface area contributed by atoms with Gasteiger partial charge < -0.3 is 0 Å². The first kappa shape index (κ1) is 16.1. The van der Waals surface area contributed by atoms with Crippen molar-refractivity contribution in [3.05, 3.63) is 45.5 Å². The van der Waals surface area contributed by atoms with Crippen molar-refractivity contribution >= 4 is 11.1 Å². The predicted octanol–water partition coefficient (Wildman–Crippen LogP) is 6.64. The van der Waals surface area contributed by atoms with E-state index in [-0.39, 0.29) is 0 Å². The molecule has 0 N–H and O–H groups in total. The first-order chi connectivity index (χ1) is 10.0. The van der Waals surface area contributed by atoms with Gasteiger partial charge in [0.2, 0.25) is 0 Å². The lowest BCUT2D eigenvalue weighted by Gasteiger charge is -2.15. The maximum Gasteiger partial charge on any atom is -0.00522 e. The molecule has 1 aliphatic carbocycles. The zero-order valence-corrected chi connectivity index (χ0v) is 14.7. The molecule has 0 saturated heterocycles. The van der Waals surface area contributed by atoms with Gasteiger partial charge in [0, 0.05) is 0 Å². The topological polar surface area (TPSA) is 0 Å². The number of benzene rings is 1. The summed E-state index contributed by atoms with van der Waals surface area (Å²) >= 11 is 0. The summed E-state index contributed by atoms with van der Waals surface area (Å²) in [6, 6.07) is 2.41. The molecule has 0 bridgehead atoms. The lowest BCUT2D eigenvalue weighted by Crippen LogP contribution is -1.98. The van der Waals surface area contributed by atoms with E-state index in [1.165, 1.54) is 54.4 Å². The van der Waals surface area contributed by atoms with Crippen molar-refractivity contribution in [1.29, 1.82) is 0 Å². The van der Waals surface area contributed by atoms with Crippen LogP contribution in [-0.2, 0) is 6.42 Å². The van der Waals surface area contributed by atoms with Gasteiger partial charge in [0.25, 0.3) is 0 Å². The molecule has 0 unspecified atom stereocenters. The molecule has 21 heavy (non-hydrogen) atoms. The molecule has 2 rings (SSSR count). The normalized spacial score (nSPS) is 14.9. The van der Waals surface area contributed by atoms with Crippen molar-refractivity contribution in [1.82, 2.24) is 0 Å². The Balaban J connectivity index is 2.48. The molecule has 1 aromatic carbocycles. The van der Waals surface area contributed by atoms with Crippen molar-refractivity contribution in [2.75, 3.05) is 0 Å². The van der Waals surface area contributed by atoms with Crippen LogP contribution in [0, 0.1) is 13.8 Å². The Hall–Kier alpha value is -1.30. The minimum atomic E-state index is 1.18. The molecular weight excluding hydrogens is 252 g/mol. The molecule has 0 spiro atoms. The summed E-state index contributed by atoms with van der Waals surface area (Å²) in [5.74, 6) is 0. The van der Waals surface area contributed by atoms with Gasteiger partial charge in [-0.1, -0.05) is 44.4 Å². The maximum absolute atomic E-state index is 2.41. The third kappa shape index (κ3) is 3.00. The average molecular weight is 282 g/mol. The van der Waals surface area contributed by atoms with Gasteiger partial charge in [-0.3, -0.25) is 0 Å². The lowest BCUT2D eigenvalue weighted by molar-refractivity contribution is 0.881. The molecule has 0 nitrogen and oxygen atoms in total. The molecule has 0 heteroatoms. The first-order valence-electron chi connectivity index (χ1n) is 8.50. The number of aryl methyl sites for hydroxylation is 1. The molecule has 1 aromatic rings. The fourth-order valence-corrected chi connectivity index (χ4v) is 3.71. The highest BCUT2D eigenvalue weighted by Crippen LogP contribution is 2.40. The van der Waals surface area contributed by atoms with Crippen molar-refractivity contribution in [3.63, 3.8) is 0 Å². The van der Waals surface area contributed by atoms with E-state index in [9.17, 15) is 0 Å². The van der Waals surface area contributed by atoms with Crippen LogP contribution in [-0.4, -0.2) is 0 Å². The highest BCUT2D eigenvalue weighted by molar-refractivity contribution is 5.81. The number of allylic oxidation sites excluding steroid dienone is 4. The smallest absolute Gasteiger partial charge is 0.00522 e. The van der Waals surface area contributed by atoms with Crippen LogP contribution in [0.3, 0.4) is 0 Å². The largest absolute Gasteiger partial charge is 0.0810 e. The summed E-state index contributed by atoms with van der Waals surface area (Å²) in [6.45, 7) is 13.7. The van der Waals surface area contributed by atoms with Crippen molar-refractivity contribution < 1.29 is 0 Å². The Bertz CT molecular complexity index is 597. The van der Waals surface area contributed by atoms with Crippen LogP contribution in [0.25, 0.3) is 11.1 Å². The molecule has 1 aliphatic rings. The second-order valence-electron chi connectivity index (χ2n) is 6.55. The molecule has 0 radical (unpaired) electrons. The molecule has 0 atom stereocenters. The third-order valence-electron chi connectivity index (χ3n) is 4.92. The van der Waals surface area contributed by atoms with Crippen LogP contribution in [0.2, 0.25) is 0 Å².